The van der Waals surface area contributed by atoms with Gasteiger partial charge in [-0.1, -0.05) is 0 Å². The van der Waals surface area contributed by atoms with Gasteiger partial charge in [0.1, 0.15) is 5.76 Å². The Hall–Kier alpha value is -1.98. The third-order valence-corrected chi connectivity index (χ3v) is 1.62. The van der Waals surface area contributed by atoms with Crippen molar-refractivity contribution in [3.8, 4) is 0 Å². The van der Waals surface area contributed by atoms with Crippen molar-refractivity contribution in [3.63, 3.8) is 0 Å². The summed E-state index contributed by atoms with van der Waals surface area (Å²) in [7, 11) is 0. The monoisotopic (exact) mass is 179 g/mol. The summed E-state index contributed by atoms with van der Waals surface area (Å²) >= 11 is 0. The van der Waals surface area contributed by atoms with Crippen molar-refractivity contribution in [1.29, 1.82) is 0 Å². The molecule has 6 nitrogen and oxygen atoms in total. The highest BCUT2D eigenvalue weighted by molar-refractivity contribution is 5.55. The lowest BCUT2D eigenvalue weighted by Crippen LogP contribution is -1.92. The number of rotatable bonds is 2. The smallest absolute Gasteiger partial charge is 0.227 e. The lowest BCUT2D eigenvalue weighted by Gasteiger charge is -1.97. The zero-order valence-electron chi connectivity index (χ0n) is 7.03. The molecule has 0 radical (unpaired) electrons. The van der Waals surface area contributed by atoms with Crippen LogP contribution in [-0.4, -0.2) is 15.2 Å². The summed E-state index contributed by atoms with van der Waals surface area (Å²) in [6, 6.07) is 1.80. The largest absolute Gasteiger partial charge is 0.467 e. The van der Waals surface area contributed by atoms with Gasteiger partial charge < -0.3 is 15.5 Å². The fourth-order valence-corrected chi connectivity index (χ4v) is 0.974. The fraction of sp³-hybridized carbons (Fsp3) is 0.143. The van der Waals surface area contributed by atoms with Crippen LogP contribution in [0.2, 0.25) is 0 Å². The van der Waals surface area contributed by atoms with E-state index in [2.05, 4.69) is 20.5 Å². The Balaban J connectivity index is 2.19. The van der Waals surface area contributed by atoms with Crippen molar-refractivity contribution in [3.05, 3.63) is 18.1 Å². The molecule has 2 aromatic heterocycles. The van der Waals surface area contributed by atoms with Crippen molar-refractivity contribution in [2.45, 2.75) is 6.92 Å². The van der Waals surface area contributed by atoms with Crippen LogP contribution in [0.15, 0.2) is 16.7 Å². The SMILES string of the molecule is Cc1occc1Nc1nnc(N)[nH]1. The van der Waals surface area contributed by atoms with Crippen LogP contribution in [0.25, 0.3) is 0 Å². The molecule has 6 heteroatoms. The molecule has 0 aromatic carbocycles. The highest BCUT2D eigenvalue weighted by Gasteiger charge is 2.03. The van der Waals surface area contributed by atoms with Gasteiger partial charge in [0.05, 0.1) is 12.0 Å². The van der Waals surface area contributed by atoms with Gasteiger partial charge in [-0.05, 0) is 6.92 Å². The molecule has 0 saturated heterocycles. The maximum absolute atomic E-state index is 5.35. The van der Waals surface area contributed by atoms with Gasteiger partial charge in [0, 0.05) is 6.07 Å². The first-order valence-corrected chi connectivity index (χ1v) is 3.75. The van der Waals surface area contributed by atoms with Crippen LogP contribution in [0.4, 0.5) is 17.6 Å². The second-order valence-corrected chi connectivity index (χ2v) is 2.57. The molecular formula is C7H9N5O. The van der Waals surface area contributed by atoms with E-state index >= 15 is 0 Å². The minimum atomic E-state index is 0.281. The predicted octanol–water partition coefficient (Wildman–Crippen LogP) is 1.03. The summed E-state index contributed by atoms with van der Waals surface area (Å²) in [5.41, 5.74) is 6.20. The molecule has 68 valence electrons. The molecule has 2 heterocycles. The molecule has 2 aromatic rings. The molecule has 0 unspecified atom stereocenters. The predicted molar refractivity (Wildman–Crippen MR) is 47.5 cm³/mol. The summed E-state index contributed by atoms with van der Waals surface area (Å²) in [6.07, 6.45) is 1.59. The van der Waals surface area contributed by atoms with Gasteiger partial charge in [-0.15, -0.1) is 10.2 Å². The zero-order chi connectivity index (χ0) is 9.26. The number of aromatic amines is 1. The van der Waals surface area contributed by atoms with Crippen molar-refractivity contribution >= 4 is 17.6 Å². The maximum Gasteiger partial charge on any atom is 0.227 e. The molecule has 0 amide bonds. The number of anilines is 3. The molecule has 0 bridgehead atoms. The Kier molecular flexibility index (Phi) is 1.66. The Morgan fingerprint density at radius 3 is 2.92 bits per heavy atom. The Morgan fingerprint density at radius 1 is 1.54 bits per heavy atom. The molecule has 4 N–H and O–H groups in total. The number of hydrogen-bond donors (Lipinski definition) is 3. The normalized spacial score (nSPS) is 10.2. The highest BCUT2D eigenvalue weighted by atomic mass is 16.3. The first kappa shape index (κ1) is 7.66. The van der Waals surface area contributed by atoms with Crippen LogP contribution >= 0.6 is 0 Å². The van der Waals surface area contributed by atoms with Crippen molar-refractivity contribution in [1.82, 2.24) is 15.2 Å². The Bertz CT molecular complexity index is 404. The molecular weight excluding hydrogens is 170 g/mol. The third-order valence-electron chi connectivity index (χ3n) is 1.62. The summed E-state index contributed by atoms with van der Waals surface area (Å²) < 4.78 is 5.09. The molecule has 0 saturated carbocycles. The number of nitrogen functional groups attached to an aromatic ring is 1. The average molecular weight is 179 g/mol. The van der Waals surface area contributed by atoms with Gasteiger partial charge in [0.15, 0.2) is 0 Å². The van der Waals surface area contributed by atoms with E-state index < -0.39 is 0 Å². The second-order valence-electron chi connectivity index (χ2n) is 2.57. The summed E-state index contributed by atoms with van der Waals surface area (Å²) in [6.45, 7) is 1.85. The van der Waals surface area contributed by atoms with E-state index in [0.29, 0.717) is 5.95 Å². The first-order valence-electron chi connectivity index (χ1n) is 3.75. The number of aromatic nitrogens is 3. The topological polar surface area (TPSA) is 92.8 Å². The molecule has 0 spiro atoms. The van der Waals surface area contributed by atoms with Gasteiger partial charge in [-0.25, -0.2) is 0 Å². The highest BCUT2D eigenvalue weighted by Crippen LogP contribution is 2.18. The minimum Gasteiger partial charge on any atom is -0.467 e. The number of hydrogen-bond acceptors (Lipinski definition) is 5. The maximum atomic E-state index is 5.35. The van der Waals surface area contributed by atoms with Gasteiger partial charge in [-0.3, -0.25) is 4.98 Å². The van der Waals surface area contributed by atoms with E-state index in [0.717, 1.165) is 11.4 Å². The van der Waals surface area contributed by atoms with Crippen molar-refractivity contribution in [2.75, 3.05) is 11.1 Å². The molecule has 2 rings (SSSR count). The van der Waals surface area contributed by atoms with Crippen LogP contribution < -0.4 is 11.1 Å². The quantitative estimate of drug-likeness (QED) is 0.640. The van der Waals surface area contributed by atoms with Gasteiger partial charge in [0.2, 0.25) is 11.9 Å². The number of nitrogens with zero attached hydrogens (tertiary/aromatic N) is 2. The van der Waals surface area contributed by atoms with Crippen molar-refractivity contribution in [2.24, 2.45) is 0 Å². The van der Waals surface area contributed by atoms with Crippen molar-refractivity contribution < 1.29 is 4.42 Å². The van der Waals surface area contributed by atoms with E-state index in [1.807, 2.05) is 6.92 Å². The number of nitrogens with two attached hydrogens (primary N) is 1. The molecule has 0 atom stereocenters. The fourth-order valence-electron chi connectivity index (χ4n) is 0.974. The first-order chi connectivity index (χ1) is 6.25. The van der Waals surface area contributed by atoms with Crippen LogP contribution in [-0.2, 0) is 0 Å². The van der Waals surface area contributed by atoms with Crippen LogP contribution in [0, 0.1) is 6.92 Å². The summed E-state index contributed by atoms with van der Waals surface area (Å²) in [4.78, 5) is 2.74. The summed E-state index contributed by atoms with van der Waals surface area (Å²) in [5, 5.41) is 10.3. The van der Waals surface area contributed by atoms with E-state index in [1.54, 1.807) is 12.3 Å². The summed E-state index contributed by atoms with van der Waals surface area (Å²) in [5.74, 6) is 1.57. The number of aryl methyl sites for hydroxylation is 1. The van der Waals surface area contributed by atoms with Crippen LogP contribution in [0.5, 0.6) is 0 Å². The van der Waals surface area contributed by atoms with Gasteiger partial charge >= 0.3 is 0 Å². The number of H-pyrrole nitrogens is 1. The zero-order valence-corrected chi connectivity index (χ0v) is 7.03. The molecule has 0 aliphatic heterocycles. The average Bonchev–Trinajstić information content (AvgIpc) is 2.64. The third kappa shape index (κ3) is 1.46. The van der Waals surface area contributed by atoms with Gasteiger partial charge in [-0.2, -0.15) is 0 Å². The van der Waals surface area contributed by atoms with Crippen LogP contribution in [0.3, 0.4) is 0 Å². The standard InChI is InChI=1S/C7H9N5O/c1-4-5(2-3-13-4)9-7-10-6(8)11-12-7/h2-3H,1H3,(H4,8,9,10,11,12). The second kappa shape index (κ2) is 2.81. The number of nitrogens with one attached hydrogen (secondary N) is 2. The van der Waals surface area contributed by atoms with Crippen LogP contribution in [0.1, 0.15) is 5.76 Å². The molecule has 0 aliphatic rings. The lowest BCUT2D eigenvalue weighted by atomic mass is 10.4. The van der Waals surface area contributed by atoms with E-state index in [-0.39, 0.29) is 5.95 Å². The Labute approximate surface area is 74.2 Å². The van der Waals surface area contributed by atoms with E-state index in [1.165, 1.54) is 0 Å². The van der Waals surface area contributed by atoms with Gasteiger partial charge in [0.25, 0.3) is 0 Å². The molecule has 0 fully saturated rings. The van der Waals surface area contributed by atoms with E-state index in [9.17, 15) is 0 Å². The number of furan rings is 1. The minimum absolute atomic E-state index is 0.281. The molecule has 0 aliphatic carbocycles. The van der Waals surface area contributed by atoms with E-state index in [4.69, 9.17) is 10.2 Å². The lowest BCUT2D eigenvalue weighted by molar-refractivity contribution is 0.535. The Morgan fingerprint density at radius 2 is 2.38 bits per heavy atom. The molecule has 13 heavy (non-hydrogen) atoms.